The molecule has 0 aromatic heterocycles. The average molecular weight is 1570 g/mol. The molecule has 22 atom stereocenters. The van der Waals surface area contributed by atoms with Crippen molar-refractivity contribution in [2.45, 2.75) is 201 Å². The number of aliphatic hydroxyl groups is 6. The van der Waals surface area contributed by atoms with Gasteiger partial charge in [-0.3, -0.25) is 38.5 Å². The van der Waals surface area contributed by atoms with Gasteiger partial charge in [0.15, 0.2) is 36.2 Å². The van der Waals surface area contributed by atoms with Crippen LogP contribution in [-0.2, 0) is 62.0 Å². The van der Waals surface area contributed by atoms with E-state index in [9.17, 15) is 65.4 Å². The molecule has 7 amide bonds. The van der Waals surface area contributed by atoms with Gasteiger partial charge in [0.2, 0.25) is 53.4 Å². The van der Waals surface area contributed by atoms with Crippen LogP contribution in [-0.4, -0.2) is 227 Å². The Kier molecular flexibility index (Phi) is 24.5. The van der Waals surface area contributed by atoms with E-state index in [0.29, 0.717) is 0 Å². The van der Waals surface area contributed by atoms with Crippen LogP contribution in [0.4, 0.5) is 0 Å². The third kappa shape index (κ3) is 17.7. The number of phenols is 3. The van der Waals surface area contributed by atoms with Crippen LogP contribution in [0.15, 0.2) is 84.9 Å². The van der Waals surface area contributed by atoms with E-state index in [0.717, 1.165) is 42.5 Å². The van der Waals surface area contributed by atoms with Gasteiger partial charge in [0, 0.05) is 46.7 Å². The minimum absolute atomic E-state index is 0.0508. The van der Waals surface area contributed by atoms with Crippen molar-refractivity contribution in [1.29, 1.82) is 0 Å². The first kappa shape index (κ1) is 82.4. The number of rotatable bonds is 15. The number of carboxylic acids is 1. The molecule has 11 bridgehead atoms. The summed E-state index contributed by atoms with van der Waals surface area (Å²) < 4.78 is 51.7. The molecule has 8 heterocycles. The van der Waals surface area contributed by atoms with Gasteiger partial charge in [-0.15, -0.1) is 0 Å². The molecule has 3 saturated heterocycles. The number of ether oxygens (including phenoxy) is 8. The smallest absolute Gasteiger partial charge is 0.330 e. The Morgan fingerprint density at radius 1 is 0.676 bits per heavy atom. The Labute approximate surface area is 639 Å². The summed E-state index contributed by atoms with van der Waals surface area (Å²) >= 11 is 7.35. The van der Waals surface area contributed by atoms with Crippen molar-refractivity contribution in [3.05, 3.63) is 118 Å². The van der Waals surface area contributed by atoms with E-state index in [-0.39, 0.29) is 53.4 Å². The Balaban J connectivity index is 1.18. The van der Waals surface area contributed by atoms with Crippen molar-refractivity contribution in [2.75, 3.05) is 20.7 Å². The van der Waals surface area contributed by atoms with Crippen LogP contribution in [0.5, 0.6) is 46.0 Å². The Hall–Kier alpha value is -9.61. The van der Waals surface area contributed by atoms with Crippen LogP contribution in [0.3, 0.4) is 0 Å². The molecule has 0 aliphatic carbocycles. The maximum Gasteiger partial charge on any atom is 0.330 e. The number of amides is 7. The van der Waals surface area contributed by atoms with E-state index >= 15 is 24.0 Å². The summed E-state index contributed by atoms with van der Waals surface area (Å²) in [5, 5.41) is 129. The van der Waals surface area contributed by atoms with Crippen molar-refractivity contribution in [2.24, 2.45) is 23.1 Å². The van der Waals surface area contributed by atoms with Crippen LogP contribution in [0.1, 0.15) is 125 Å². The van der Waals surface area contributed by atoms with Crippen LogP contribution in [0.25, 0.3) is 11.1 Å². The van der Waals surface area contributed by atoms with E-state index in [2.05, 4.69) is 31.9 Å². The van der Waals surface area contributed by atoms with Crippen LogP contribution < -0.4 is 63.3 Å². The van der Waals surface area contributed by atoms with Crippen molar-refractivity contribution < 1.29 is 127 Å². The average Bonchev–Trinajstić information content (AvgIpc) is 0.773. The lowest BCUT2D eigenvalue weighted by molar-refractivity contribution is -0.333. The first-order valence-electron chi connectivity index (χ1n) is 35.6. The standard InChI is InChI=1S/C74H91ClN10O26/c1-28(2)17-41(85(7)8)66(97)83-55-57(91)31-9-13-36(14-10-31)106-45-20-34-21-46(61(45)111-72-62(59(93)58(92)47(27-86)108-72)110-50-26-74(6,78)64(95)30(4)105-50)107-44-16-12-33(19-39(44)75)60(109-49-25-73(5,77)63(94)29(3)104-49)56-70(101)82-54(71(102)103)38-22-35(87)23-43(89)51(38)37-18-32(11-15-42(37)88)52(67(98)84-56)81-68(99)53(34)80-65(96)40(24-48(76)90)79-69(55)100/h9-16,18-23,28-30,40-41,47,49-50,52-60,62-64,72,86-89,91-95H,17,24-27,77-78H2,1-8H3,(H2,76,90)(H,79,100)(H,80,96)(H,81,99)(H,82,101)(H,83,97)(H,84,98)(H,102,103)/t29-,30+,40-,41+,47-,49+,50+,52+,53-,54+,55-,56?,57-,58+,59-,60+,62+,63-,64+,72+,73+,74+/m1/s1. The van der Waals surface area contributed by atoms with Crippen LogP contribution >= 0.6 is 11.6 Å². The molecule has 5 aromatic rings. The molecule has 1 unspecified atom stereocenters. The number of benzene rings is 5. The molecule has 600 valence electrons. The van der Waals surface area contributed by atoms with Crippen LogP contribution in [0, 0.1) is 5.92 Å². The Morgan fingerprint density at radius 2 is 1.27 bits per heavy atom. The third-order valence-electron chi connectivity index (χ3n) is 20.3. The molecule has 111 heavy (non-hydrogen) atoms. The molecule has 0 spiro atoms. The normalized spacial score (nSPS) is 32.1. The second-order valence-electron chi connectivity index (χ2n) is 29.8. The summed E-state index contributed by atoms with van der Waals surface area (Å²) in [6, 6.07) is 1.60. The molecule has 0 saturated carbocycles. The summed E-state index contributed by atoms with van der Waals surface area (Å²) in [4.78, 5) is 122. The van der Waals surface area contributed by atoms with Crippen molar-refractivity contribution >= 4 is 58.9 Å². The number of aliphatic hydroxyl groups excluding tert-OH is 6. The predicted octanol–water partition coefficient (Wildman–Crippen LogP) is 0.0325. The molecule has 5 aromatic carbocycles. The van der Waals surface area contributed by atoms with Crippen molar-refractivity contribution in [1.82, 2.24) is 36.8 Å². The number of nitrogens with two attached hydrogens (primary N) is 3. The minimum atomic E-state index is -2.34. The fourth-order valence-corrected chi connectivity index (χ4v) is 14.6. The van der Waals surface area contributed by atoms with Gasteiger partial charge in [-0.1, -0.05) is 49.7 Å². The number of carbonyl (C=O) groups is 8. The second kappa shape index (κ2) is 33.0. The first-order chi connectivity index (χ1) is 52.2. The fourth-order valence-electron chi connectivity index (χ4n) is 14.4. The number of phenolic OH excluding ortho intramolecular Hbond substituents is 3. The molecular weight excluding hydrogens is 1480 g/mol. The van der Waals surface area contributed by atoms with Gasteiger partial charge in [0.25, 0.3) is 0 Å². The molecule has 22 N–H and O–H groups in total. The van der Waals surface area contributed by atoms with Crippen molar-refractivity contribution in [3.8, 4) is 57.1 Å². The molecule has 0 radical (unpaired) electrons. The number of nitrogens with one attached hydrogen (secondary N) is 6. The monoisotopic (exact) mass is 1570 g/mol. The number of primary amides is 1. The number of likely N-dealkylation sites (N-methyl/N-ethyl adjacent to an activating group) is 1. The maximum atomic E-state index is 16.4. The van der Waals surface area contributed by atoms with Gasteiger partial charge >= 0.3 is 5.97 Å². The zero-order valence-corrected chi connectivity index (χ0v) is 62.1. The first-order valence-corrected chi connectivity index (χ1v) is 36.0. The van der Waals surface area contributed by atoms with Crippen molar-refractivity contribution in [3.63, 3.8) is 0 Å². The summed E-state index contributed by atoms with van der Waals surface area (Å²) in [6.07, 6.45) is -22.4. The molecule has 8 aliphatic heterocycles. The number of fused-ring (bicyclic) bond motifs is 15. The second-order valence-corrected chi connectivity index (χ2v) is 30.2. The highest BCUT2D eigenvalue weighted by molar-refractivity contribution is 6.32. The van der Waals surface area contributed by atoms with E-state index in [1.165, 1.54) is 70.2 Å². The molecular formula is C74H91ClN10O26. The van der Waals surface area contributed by atoms with Gasteiger partial charge in [-0.25, -0.2) is 4.79 Å². The lowest BCUT2D eigenvalue weighted by Gasteiger charge is -2.47. The zero-order chi connectivity index (χ0) is 80.9. The largest absolute Gasteiger partial charge is 0.508 e. The van der Waals surface area contributed by atoms with Gasteiger partial charge in [0.05, 0.1) is 48.5 Å². The van der Waals surface area contributed by atoms with E-state index in [1.54, 1.807) is 19.0 Å². The number of aliphatic carboxylic acids is 1. The summed E-state index contributed by atoms with van der Waals surface area (Å²) in [5.74, 6) is -15.4. The number of halogens is 1. The number of hydrogen-bond acceptors (Lipinski definition) is 28. The van der Waals surface area contributed by atoms with Gasteiger partial charge < -0.3 is 138 Å². The Bertz CT molecular complexity index is 4380. The highest BCUT2D eigenvalue weighted by atomic mass is 35.5. The Morgan fingerprint density at radius 3 is 1.86 bits per heavy atom. The van der Waals surface area contributed by atoms with E-state index in [1.807, 2.05) is 13.8 Å². The number of hydrogen-bond donors (Lipinski definition) is 19. The highest BCUT2D eigenvalue weighted by Gasteiger charge is 2.52. The summed E-state index contributed by atoms with van der Waals surface area (Å²) in [7, 11) is 3.22. The number of carbonyl (C=O) groups excluding carboxylic acids is 7. The lowest BCUT2D eigenvalue weighted by Crippen LogP contribution is -2.64. The summed E-state index contributed by atoms with van der Waals surface area (Å²) in [5.41, 5.74) is 13.6. The summed E-state index contributed by atoms with van der Waals surface area (Å²) in [6.45, 7) is 8.69. The molecule has 8 aliphatic rings. The number of nitrogens with zero attached hydrogens (tertiary/aromatic N) is 1. The molecule has 13 rings (SSSR count). The molecule has 37 heteroatoms. The number of carboxylic acid groups (broad SMARTS) is 1. The molecule has 3 fully saturated rings. The zero-order valence-electron chi connectivity index (χ0n) is 61.3. The topological polar surface area (TPSA) is 566 Å². The van der Waals surface area contributed by atoms with E-state index < -0.39 is 255 Å². The predicted molar refractivity (Wildman–Crippen MR) is 385 cm³/mol. The van der Waals surface area contributed by atoms with Gasteiger partial charge in [-0.2, -0.15) is 0 Å². The van der Waals surface area contributed by atoms with Crippen LogP contribution in [0.2, 0.25) is 5.02 Å². The maximum absolute atomic E-state index is 16.4. The SMILES string of the molecule is CC(C)C[C@@H](C(=O)N[C@H]1C(=O)N[C@H](CC(N)=O)C(=O)N[C@H]2C(=O)N[C@@H]3C(=O)NC(C(=O)N[C@H](C(=O)O)c4cc(O)cc(O)c4-c4cc3ccc4O)[C@@H](O[C@H]3C[C@](C)(N)[C@H](O)[C@@H](C)O3)c3ccc(c(Cl)c3)Oc3cc2cc(c3O[C@@H]2O[C@H](CO)[C@H](O)[C@@H](O)[C@@H]2O[C@H]2C[C@](C)(N)[C@@H](O)[C@H](C)O2)Oc2ccc(cc2)[C@H]1O)N(C)C. The minimum Gasteiger partial charge on any atom is -0.508 e. The number of aromatic hydroxyl groups is 3. The lowest BCUT2D eigenvalue weighted by atomic mass is 9.86. The van der Waals surface area contributed by atoms with Gasteiger partial charge in [-0.05, 0) is 131 Å². The third-order valence-corrected chi connectivity index (χ3v) is 20.6. The van der Waals surface area contributed by atoms with E-state index in [4.69, 9.17) is 66.7 Å². The quantitative estimate of drug-likeness (QED) is 0.0657. The molecule has 36 nitrogen and oxygen atoms in total. The van der Waals surface area contributed by atoms with Gasteiger partial charge in [0.1, 0.15) is 89.5 Å². The highest BCUT2D eigenvalue weighted by Crippen LogP contribution is 2.50. The fraction of sp³-hybridized carbons (Fsp3) is 0.486.